The summed E-state index contributed by atoms with van der Waals surface area (Å²) in [4.78, 5) is 23.2. The molecule has 0 aromatic heterocycles. The van der Waals surface area contributed by atoms with Gasteiger partial charge < -0.3 is 57.0 Å². The van der Waals surface area contributed by atoms with Crippen LogP contribution in [0.25, 0.3) is 11.1 Å². The molecular formula is C90H108BBr3F2O20S3. The van der Waals surface area contributed by atoms with E-state index < -0.39 is 42.7 Å². The Balaban J connectivity index is 0.000000181. The van der Waals surface area contributed by atoms with E-state index in [1.807, 2.05) is 162 Å². The van der Waals surface area contributed by atoms with Gasteiger partial charge in [-0.15, -0.1) is 0 Å². The van der Waals surface area contributed by atoms with E-state index in [4.69, 9.17) is 57.0 Å². The largest absolute Gasteiger partial charge is 0.508 e. The van der Waals surface area contributed by atoms with Crippen molar-refractivity contribution in [2.75, 3.05) is 83.3 Å². The summed E-state index contributed by atoms with van der Waals surface area (Å²) in [6.45, 7) is 26.1. The smallest absolute Gasteiger partial charge is 0.495 e. The van der Waals surface area contributed by atoms with Gasteiger partial charge >= 0.3 is 19.1 Å². The maximum atomic E-state index is 15.3. The maximum Gasteiger partial charge on any atom is 0.495 e. The van der Waals surface area contributed by atoms with Crippen LogP contribution in [0.4, 0.5) is 8.78 Å². The number of hydrogen-bond donors (Lipinski definition) is 1. The molecule has 1 N–H and O–H groups in total. The number of benzene rings is 8. The molecule has 644 valence electrons. The molecule has 20 nitrogen and oxygen atoms in total. The van der Waals surface area contributed by atoms with Crippen molar-refractivity contribution < 1.29 is 101 Å². The Kier molecular flexibility index (Phi) is 32.7. The lowest BCUT2D eigenvalue weighted by atomic mass is 9.73. The quantitative estimate of drug-likeness (QED) is 0.0317. The average molecular weight is 1890 g/mol. The lowest BCUT2D eigenvalue weighted by Gasteiger charge is -2.32. The van der Waals surface area contributed by atoms with Crippen LogP contribution in [0.5, 0.6) is 46.0 Å². The number of fused-ring (bicyclic) bond motifs is 4. The molecule has 0 radical (unpaired) electrons. The highest BCUT2D eigenvalue weighted by atomic mass is 79.9. The molecular weight excluding hydrogens is 1790 g/mol. The van der Waals surface area contributed by atoms with E-state index in [0.717, 1.165) is 121 Å². The first-order valence-electron chi connectivity index (χ1n) is 39.3. The number of aryl methyl sites for hydroxylation is 8. The van der Waals surface area contributed by atoms with Crippen molar-refractivity contribution in [2.45, 2.75) is 176 Å². The molecule has 4 atom stereocenters. The first kappa shape index (κ1) is 95.1. The van der Waals surface area contributed by atoms with Crippen molar-refractivity contribution >= 4 is 102 Å². The number of ether oxygens (including phenoxy) is 9. The molecule has 8 aromatic rings. The first-order chi connectivity index (χ1) is 55.8. The predicted molar refractivity (Wildman–Crippen MR) is 471 cm³/mol. The number of halogens is 5. The van der Waals surface area contributed by atoms with E-state index in [1.54, 1.807) is 18.2 Å². The summed E-state index contributed by atoms with van der Waals surface area (Å²) in [5.74, 6) is 4.43. The third kappa shape index (κ3) is 25.9. The zero-order chi connectivity index (χ0) is 87.4. The Hall–Kier alpha value is -7.77. The summed E-state index contributed by atoms with van der Waals surface area (Å²) in [7, 11) is -6.50. The van der Waals surface area contributed by atoms with Crippen molar-refractivity contribution in [3.8, 4) is 57.1 Å². The summed E-state index contributed by atoms with van der Waals surface area (Å²) < 4.78 is 162. The van der Waals surface area contributed by atoms with Gasteiger partial charge in [0.05, 0.1) is 88.6 Å². The zero-order valence-corrected chi connectivity index (χ0v) is 77.8. The number of phenols is 1. The first-order valence-corrected chi connectivity index (χ1v) is 47.9. The van der Waals surface area contributed by atoms with E-state index in [0.29, 0.717) is 117 Å². The SMILES string of the molecule is COC(=O)C[C@@H]1COc2cc(O[C@@H]3CCc4c(-c5c(C)cc(OCCCS(C)(=O)=O)cc5C)ccc(F)c43)ccc21.COC(=O)C[C@@H]1COc2cc(O[C@@H]3CCc4c(Br)ccc(F)c43)ccc21.Cc1cc(O)cc(C)c1Br.Cc1cc(OCCCS(C)(=O)=O)cc(C)c1B1OC(C)(C)C(C)(C)O1.Cc1cc(OCCCS(C)(=O)=O)cc(C)c1Br. The number of esters is 2. The van der Waals surface area contributed by atoms with Crippen LogP contribution in [0.2, 0.25) is 0 Å². The lowest BCUT2D eigenvalue weighted by molar-refractivity contribution is -0.142. The van der Waals surface area contributed by atoms with Crippen molar-refractivity contribution in [3.63, 3.8) is 0 Å². The van der Waals surface area contributed by atoms with Crippen LogP contribution in [-0.2, 0) is 70.7 Å². The Bertz CT molecular complexity index is 5260. The topological polar surface area (TPSA) is 258 Å². The second kappa shape index (κ2) is 40.9. The Morgan fingerprint density at radius 3 is 1.24 bits per heavy atom. The molecule has 1 fully saturated rings. The van der Waals surface area contributed by atoms with Crippen LogP contribution in [0, 0.1) is 67.0 Å². The summed E-state index contributed by atoms with van der Waals surface area (Å²) in [5.41, 5.74) is 15.8. The van der Waals surface area contributed by atoms with Gasteiger partial charge in [0, 0.05) is 78.4 Å². The molecule has 5 aliphatic rings. The van der Waals surface area contributed by atoms with Gasteiger partial charge in [-0.1, -0.05) is 66.0 Å². The van der Waals surface area contributed by atoms with Crippen molar-refractivity contribution in [1.29, 1.82) is 0 Å². The van der Waals surface area contributed by atoms with Gasteiger partial charge in [-0.25, -0.2) is 34.0 Å². The van der Waals surface area contributed by atoms with Crippen molar-refractivity contribution in [1.82, 2.24) is 0 Å². The molecule has 2 aliphatic carbocycles. The zero-order valence-electron chi connectivity index (χ0n) is 70.6. The van der Waals surface area contributed by atoms with E-state index in [-0.39, 0.29) is 76.4 Å². The molecule has 3 aliphatic heterocycles. The van der Waals surface area contributed by atoms with Crippen LogP contribution in [-0.4, -0.2) is 144 Å². The molecule has 119 heavy (non-hydrogen) atoms. The highest BCUT2D eigenvalue weighted by Crippen LogP contribution is 2.48. The molecule has 0 saturated carbocycles. The fourth-order valence-electron chi connectivity index (χ4n) is 14.9. The van der Waals surface area contributed by atoms with Crippen LogP contribution in [0.15, 0.2) is 123 Å². The second-order valence-corrected chi connectivity index (χ2v) is 41.1. The number of sulfone groups is 3. The number of phenolic OH excluding ortho intramolecular Hbond substituents is 1. The Labute approximate surface area is 725 Å². The number of aromatic hydroxyl groups is 1. The molecule has 29 heteroatoms. The van der Waals surface area contributed by atoms with E-state index >= 15 is 4.39 Å². The van der Waals surface area contributed by atoms with Crippen molar-refractivity contribution in [2.24, 2.45) is 0 Å². The molecule has 13 rings (SSSR count). The summed E-state index contributed by atoms with van der Waals surface area (Å²) >= 11 is 10.4. The minimum Gasteiger partial charge on any atom is -0.508 e. The summed E-state index contributed by atoms with van der Waals surface area (Å²) in [6.07, 6.45) is 7.75. The highest BCUT2D eigenvalue weighted by molar-refractivity contribution is 9.11. The van der Waals surface area contributed by atoms with Gasteiger partial charge in [0.2, 0.25) is 0 Å². The highest BCUT2D eigenvalue weighted by Gasteiger charge is 2.52. The van der Waals surface area contributed by atoms with Gasteiger partial charge in [-0.2, -0.15) is 0 Å². The van der Waals surface area contributed by atoms with Gasteiger partial charge in [-0.3, -0.25) is 9.59 Å². The van der Waals surface area contributed by atoms with Crippen LogP contribution >= 0.6 is 47.8 Å². The lowest BCUT2D eigenvalue weighted by Crippen LogP contribution is -2.41. The fraction of sp³-hybridized carbons (Fsp3) is 0.444. The van der Waals surface area contributed by atoms with E-state index in [1.165, 1.54) is 45.1 Å². The van der Waals surface area contributed by atoms with Gasteiger partial charge in [0.15, 0.2) is 0 Å². The Morgan fingerprint density at radius 2 is 0.849 bits per heavy atom. The summed E-state index contributed by atoms with van der Waals surface area (Å²) in [5, 5.41) is 9.10. The van der Waals surface area contributed by atoms with Crippen molar-refractivity contribution in [3.05, 3.63) is 212 Å². The molecule has 0 amide bonds. The Morgan fingerprint density at radius 1 is 0.487 bits per heavy atom. The third-order valence-corrected chi connectivity index (χ3v) is 27.9. The number of methoxy groups -OCH3 is 2. The molecule has 0 spiro atoms. The number of rotatable bonds is 25. The summed E-state index contributed by atoms with van der Waals surface area (Å²) in [6, 6.07) is 32.8. The molecule has 0 unspecified atom stereocenters. The van der Waals surface area contributed by atoms with Gasteiger partial charge in [-0.05, 0) is 279 Å². The molecule has 1 saturated heterocycles. The second-order valence-electron chi connectivity index (χ2n) is 31.9. The average Bonchev–Trinajstić information content (AvgIpc) is 1.36. The fourth-order valence-corrected chi connectivity index (χ4v) is 17.8. The minimum absolute atomic E-state index is 0.00731. The minimum atomic E-state index is -3.02. The monoisotopic (exact) mass is 1890 g/mol. The standard InChI is InChI=1S/C32H35FO7S.C20H18BrFO4.C18H29BO5S.C12H17BrO3S.C8H9BrO/c1-19-14-23(38-12-5-13-41(4,35)36)15-20(2)31(19)25-8-10-27(33)32-26(25)9-11-28(32)40-22-6-7-24-21(16-30(34)37-3)18-39-29(24)17-22;1-24-19(23)8-11-10-25-18-9-12(2-3-13(11)18)26-17-7-4-14-15(21)5-6-16(22)20(14)17;1-13-11-15(22-9-8-10-25(7,20)21)12-14(2)16(13)19-23-17(3,4)18(5,6)24-19;1-9-7-11(8-10(2)12(9)13)16-5-4-6-17(3,14)15;1-5-3-7(10)4-6(2)8(5)9/h6-8,10,14-15,17,21,28H,5,9,11-13,16,18H2,1-4H3;2-3,5-6,9,11,17H,4,7-8,10H2,1H3;11-12H,8-10H2,1-7H3;7-8H,4-6H2,1-3H3;3-4,10H,1-2H3/t21-,28-;11-,17-;;;/m11.../s1. The molecule has 0 bridgehead atoms. The van der Waals surface area contributed by atoms with Crippen LogP contribution < -0.4 is 38.6 Å². The molecule has 3 heterocycles. The number of carbonyl (C=O) groups excluding carboxylic acids is 2. The van der Waals surface area contributed by atoms with E-state index in [2.05, 4.69) is 47.8 Å². The predicted octanol–water partition coefficient (Wildman–Crippen LogP) is 18.8. The maximum absolute atomic E-state index is 15.3. The normalized spacial score (nSPS) is 17.0. The van der Waals surface area contributed by atoms with Crippen LogP contribution in [0.1, 0.15) is 175 Å². The third-order valence-electron chi connectivity index (χ3n) is 21.5. The van der Waals surface area contributed by atoms with Gasteiger partial charge in [0.1, 0.15) is 99.4 Å². The van der Waals surface area contributed by atoms with Gasteiger partial charge in [0.25, 0.3) is 0 Å². The van der Waals surface area contributed by atoms with Crippen LogP contribution in [0.3, 0.4) is 0 Å². The number of carbonyl (C=O) groups is 2. The molecule has 8 aromatic carbocycles. The van der Waals surface area contributed by atoms with E-state index in [9.17, 15) is 39.2 Å². The number of hydrogen-bond acceptors (Lipinski definition) is 20.